The van der Waals surface area contributed by atoms with Crippen molar-refractivity contribution in [2.24, 2.45) is 0 Å². The van der Waals surface area contributed by atoms with Gasteiger partial charge in [-0.3, -0.25) is 19.3 Å². The van der Waals surface area contributed by atoms with Gasteiger partial charge < -0.3 is 9.47 Å². The number of hydrogen-bond donors (Lipinski definition) is 2. The van der Waals surface area contributed by atoms with E-state index in [2.05, 4.69) is 25.6 Å². The largest absolute Gasteiger partial charge is 0.491 e. The second kappa shape index (κ2) is 10.4. The third-order valence-corrected chi connectivity index (χ3v) is 2.32. The summed E-state index contributed by atoms with van der Waals surface area (Å²) >= 11 is 0. The molecule has 0 radical (unpaired) electrons. The second-order valence-electron chi connectivity index (χ2n) is 3.99. The van der Waals surface area contributed by atoms with Gasteiger partial charge in [0.15, 0.2) is 0 Å². The van der Waals surface area contributed by atoms with E-state index in [0.717, 1.165) is 0 Å². The van der Waals surface area contributed by atoms with Gasteiger partial charge in [-0.05, 0) is 6.07 Å². The van der Waals surface area contributed by atoms with E-state index in [-0.39, 0.29) is 37.9 Å². The summed E-state index contributed by atoms with van der Waals surface area (Å²) < 4.78 is 10.6. The van der Waals surface area contributed by atoms with Crippen LogP contribution < -0.4 is 20.4 Å². The summed E-state index contributed by atoms with van der Waals surface area (Å²) in [4.78, 5) is 35.2. The predicted molar refractivity (Wildman–Crippen MR) is 74.8 cm³/mol. The Morgan fingerprint density at radius 1 is 1.00 bits per heavy atom. The number of rotatable bonds is 10. The fourth-order valence-electron chi connectivity index (χ4n) is 1.38. The Kier molecular flexibility index (Phi) is 8.31. The molecule has 1 rings (SSSR count). The topological polar surface area (TPSA) is 108 Å². The smallest absolute Gasteiger partial charge is 0.246 e. The minimum atomic E-state index is -0.281. The number of nitrogens with one attached hydrogen (secondary N) is 2. The molecule has 0 saturated carbocycles. The lowest BCUT2D eigenvalue weighted by atomic mass is 10.4. The van der Waals surface area contributed by atoms with Gasteiger partial charge in [0.2, 0.25) is 17.7 Å². The first-order valence-electron chi connectivity index (χ1n) is 6.51. The van der Waals surface area contributed by atoms with Crippen LogP contribution in [0.15, 0.2) is 18.3 Å². The lowest BCUT2D eigenvalue weighted by Gasteiger charge is -2.08. The standard InChI is InChI=1S/C13H19N3O6/c1-19-15-11(17)5-7-21-10-3-4-13(14-9-10)22-8-6-12(18)16-20-2/h3-4,9H,5-8H2,1-2H3,(H,15,17)(H,16,18). The number of ether oxygens (including phenoxy) is 2. The molecule has 2 amide bonds. The zero-order valence-corrected chi connectivity index (χ0v) is 12.5. The van der Waals surface area contributed by atoms with Crippen LogP contribution in [-0.4, -0.2) is 44.2 Å². The van der Waals surface area contributed by atoms with Crippen LogP contribution >= 0.6 is 0 Å². The predicted octanol–water partition coefficient (Wildman–Crippen LogP) is -0.0254. The molecule has 1 heterocycles. The molecule has 0 saturated heterocycles. The highest BCUT2D eigenvalue weighted by atomic mass is 16.6. The molecule has 0 atom stereocenters. The lowest BCUT2D eigenvalue weighted by Crippen LogP contribution is -2.23. The van der Waals surface area contributed by atoms with E-state index in [4.69, 9.17) is 9.47 Å². The maximum absolute atomic E-state index is 11.1. The second-order valence-corrected chi connectivity index (χ2v) is 3.99. The van der Waals surface area contributed by atoms with Crippen molar-refractivity contribution >= 4 is 11.8 Å². The lowest BCUT2D eigenvalue weighted by molar-refractivity contribution is -0.132. The molecule has 0 unspecified atom stereocenters. The molecule has 122 valence electrons. The summed E-state index contributed by atoms with van der Waals surface area (Å²) in [5, 5.41) is 0. The molecule has 0 aliphatic carbocycles. The number of hydroxylamine groups is 2. The van der Waals surface area contributed by atoms with E-state index in [0.29, 0.717) is 11.6 Å². The van der Waals surface area contributed by atoms with Gasteiger partial charge in [0.25, 0.3) is 0 Å². The Balaban J connectivity index is 2.25. The van der Waals surface area contributed by atoms with Gasteiger partial charge in [-0.15, -0.1) is 0 Å². The Bertz CT molecular complexity index is 422. The van der Waals surface area contributed by atoms with E-state index >= 15 is 0 Å². The number of hydrogen-bond acceptors (Lipinski definition) is 7. The van der Waals surface area contributed by atoms with Gasteiger partial charge in [0.1, 0.15) is 5.75 Å². The molecular weight excluding hydrogens is 294 g/mol. The van der Waals surface area contributed by atoms with Gasteiger partial charge in [-0.1, -0.05) is 0 Å². The van der Waals surface area contributed by atoms with Gasteiger partial charge in [0.05, 0.1) is 46.5 Å². The van der Waals surface area contributed by atoms with Crippen LogP contribution in [0, 0.1) is 0 Å². The summed E-state index contributed by atoms with van der Waals surface area (Å²) in [7, 11) is 2.72. The molecule has 0 fully saturated rings. The van der Waals surface area contributed by atoms with Crippen molar-refractivity contribution in [3.63, 3.8) is 0 Å². The van der Waals surface area contributed by atoms with Crippen molar-refractivity contribution in [2.75, 3.05) is 27.4 Å². The Morgan fingerprint density at radius 3 is 2.09 bits per heavy atom. The molecule has 0 aliphatic heterocycles. The first-order valence-corrected chi connectivity index (χ1v) is 6.51. The molecule has 0 aromatic carbocycles. The number of carbonyl (C=O) groups excluding carboxylic acids is 2. The van der Waals surface area contributed by atoms with E-state index in [1.807, 2.05) is 0 Å². The Labute approximate surface area is 127 Å². The number of amides is 2. The molecule has 22 heavy (non-hydrogen) atoms. The minimum absolute atomic E-state index is 0.155. The van der Waals surface area contributed by atoms with Crippen LogP contribution in [0.25, 0.3) is 0 Å². The highest BCUT2D eigenvalue weighted by Crippen LogP contribution is 2.14. The van der Waals surface area contributed by atoms with E-state index in [1.165, 1.54) is 20.4 Å². The highest BCUT2D eigenvalue weighted by molar-refractivity contribution is 5.75. The molecule has 1 aromatic heterocycles. The number of pyridine rings is 1. The summed E-state index contributed by atoms with van der Waals surface area (Å²) in [6.45, 7) is 0.383. The molecule has 1 aromatic rings. The number of aromatic nitrogens is 1. The van der Waals surface area contributed by atoms with Crippen LogP contribution in [0.3, 0.4) is 0 Å². The minimum Gasteiger partial charge on any atom is -0.491 e. The van der Waals surface area contributed by atoms with Gasteiger partial charge in [-0.2, -0.15) is 0 Å². The summed E-state index contributed by atoms with van der Waals surface area (Å²) in [5.74, 6) is 0.325. The zero-order chi connectivity index (χ0) is 16.2. The number of nitrogens with zero attached hydrogens (tertiary/aromatic N) is 1. The molecular formula is C13H19N3O6. The highest BCUT2D eigenvalue weighted by Gasteiger charge is 2.04. The van der Waals surface area contributed by atoms with E-state index in [1.54, 1.807) is 12.1 Å². The fraction of sp³-hybridized carbons (Fsp3) is 0.462. The third kappa shape index (κ3) is 7.41. The van der Waals surface area contributed by atoms with Crippen molar-refractivity contribution in [1.82, 2.24) is 15.9 Å². The van der Waals surface area contributed by atoms with Crippen molar-refractivity contribution in [1.29, 1.82) is 0 Å². The first-order chi connectivity index (χ1) is 10.7. The van der Waals surface area contributed by atoms with Crippen LogP contribution in [0.4, 0.5) is 0 Å². The summed E-state index contributed by atoms with van der Waals surface area (Å²) in [6.07, 6.45) is 1.79. The Hall–Kier alpha value is -2.39. The SMILES string of the molecule is CONC(=O)CCOc1ccc(OCCC(=O)NOC)nc1. The summed E-state index contributed by atoms with van der Waals surface area (Å²) in [5.41, 5.74) is 4.37. The van der Waals surface area contributed by atoms with Crippen LogP contribution in [0.5, 0.6) is 11.6 Å². The van der Waals surface area contributed by atoms with Crippen LogP contribution in [0.2, 0.25) is 0 Å². The van der Waals surface area contributed by atoms with E-state index < -0.39 is 0 Å². The van der Waals surface area contributed by atoms with Crippen molar-refractivity contribution < 1.29 is 28.7 Å². The molecule has 0 spiro atoms. The maximum atomic E-state index is 11.1. The fourth-order valence-corrected chi connectivity index (χ4v) is 1.38. The third-order valence-electron chi connectivity index (χ3n) is 2.32. The first kappa shape index (κ1) is 17.7. The molecule has 2 N–H and O–H groups in total. The molecule has 9 nitrogen and oxygen atoms in total. The van der Waals surface area contributed by atoms with Crippen molar-refractivity contribution in [3.05, 3.63) is 18.3 Å². The van der Waals surface area contributed by atoms with Crippen molar-refractivity contribution in [3.8, 4) is 11.6 Å². The van der Waals surface area contributed by atoms with Gasteiger partial charge in [0, 0.05) is 6.07 Å². The van der Waals surface area contributed by atoms with Crippen molar-refractivity contribution in [2.45, 2.75) is 12.8 Å². The molecule has 0 aliphatic rings. The van der Waals surface area contributed by atoms with Gasteiger partial charge in [-0.25, -0.2) is 15.9 Å². The molecule has 0 bridgehead atoms. The maximum Gasteiger partial charge on any atom is 0.246 e. The average Bonchev–Trinajstić information content (AvgIpc) is 2.49. The quantitative estimate of drug-likeness (QED) is 0.584. The Morgan fingerprint density at radius 2 is 1.59 bits per heavy atom. The monoisotopic (exact) mass is 313 g/mol. The average molecular weight is 313 g/mol. The van der Waals surface area contributed by atoms with Crippen LogP contribution in [0.1, 0.15) is 12.8 Å². The van der Waals surface area contributed by atoms with Gasteiger partial charge >= 0.3 is 0 Å². The van der Waals surface area contributed by atoms with Crippen LogP contribution in [-0.2, 0) is 19.3 Å². The zero-order valence-electron chi connectivity index (χ0n) is 12.5. The normalized spacial score (nSPS) is 9.91. The molecule has 9 heteroatoms. The number of carbonyl (C=O) groups is 2. The summed E-state index contributed by atoms with van der Waals surface area (Å²) in [6, 6.07) is 3.27. The van der Waals surface area contributed by atoms with E-state index in [9.17, 15) is 9.59 Å².